The van der Waals surface area contributed by atoms with E-state index in [1.54, 1.807) is 0 Å². The molecule has 1 aliphatic rings. The topological polar surface area (TPSA) is 63.6 Å². The molecule has 118 valence electrons. The van der Waals surface area contributed by atoms with Gasteiger partial charge in [0, 0.05) is 0 Å². The molecule has 0 spiro atoms. The summed E-state index contributed by atoms with van der Waals surface area (Å²) >= 11 is 0. The lowest BCUT2D eigenvalue weighted by atomic mass is 9.75. The summed E-state index contributed by atoms with van der Waals surface area (Å²) in [5, 5.41) is 9.26. The van der Waals surface area contributed by atoms with Gasteiger partial charge in [0.15, 0.2) is 0 Å². The van der Waals surface area contributed by atoms with Crippen LogP contribution in [0.25, 0.3) is 0 Å². The third-order valence-electron chi connectivity index (χ3n) is 4.34. The maximum absolute atomic E-state index is 12.4. The lowest BCUT2D eigenvalue weighted by molar-refractivity contribution is 0.0511. The summed E-state index contributed by atoms with van der Waals surface area (Å²) in [7, 11) is -3.78. The van der Waals surface area contributed by atoms with Gasteiger partial charge in [0.1, 0.15) is 5.75 Å². The molecule has 0 radical (unpaired) electrons. The van der Waals surface area contributed by atoms with Gasteiger partial charge in [0.25, 0.3) is 10.1 Å². The van der Waals surface area contributed by atoms with Crippen molar-refractivity contribution >= 4 is 10.1 Å². The Hall–Kier alpha value is -1.07. The lowest BCUT2D eigenvalue weighted by Crippen LogP contribution is -2.35. The van der Waals surface area contributed by atoms with Crippen LogP contribution in [0.4, 0.5) is 0 Å². The highest BCUT2D eigenvalue weighted by atomic mass is 32.2. The first-order valence-electron chi connectivity index (χ1n) is 7.52. The van der Waals surface area contributed by atoms with Crippen molar-refractivity contribution in [3.05, 3.63) is 24.3 Å². The van der Waals surface area contributed by atoms with Crippen LogP contribution in [-0.4, -0.2) is 19.6 Å². The average Bonchev–Trinajstić information content (AvgIpc) is 2.38. The molecular formula is C16H24O4S. The van der Waals surface area contributed by atoms with E-state index in [1.165, 1.54) is 24.3 Å². The Morgan fingerprint density at radius 2 is 1.81 bits per heavy atom. The molecular weight excluding hydrogens is 288 g/mol. The maximum atomic E-state index is 12.4. The molecule has 0 aromatic heterocycles. The second-order valence-electron chi connectivity index (χ2n) is 6.41. The standard InChI is InChI=1S/C16H24O4S/c1-11(2)15-9-4-12(3)10-16(15)20-21(18,19)14-7-5-13(17)6-8-14/h5-8,11-12,15-17H,4,9-10H2,1-3H3/t12-,15+,16-/m1/s1. The molecule has 4 nitrogen and oxygen atoms in total. The fourth-order valence-corrected chi connectivity index (χ4v) is 4.18. The van der Waals surface area contributed by atoms with Gasteiger partial charge in [-0.2, -0.15) is 8.42 Å². The Morgan fingerprint density at radius 1 is 1.19 bits per heavy atom. The molecule has 1 N–H and O–H groups in total. The minimum absolute atomic E-state index is 0.0419. The molecule has 21 heavy (non-hydrogen) atoms. The van der Waals surface area contributed by atoms with Crippen LogP contribution in [0.5, 0.6) is 5.75 Å². The summed E-state index contributed by atoms with van der Waals surface area (Å²) in [4.78, 5) is 0.0982. The van der Waals surface area contributed by atoms with Crippen LogP contribution < -0.4 is 0 Å². The highest BCUT2D eigenvalue weighted by Gasteiger charge is 2.35. The Kier molecular flexibility index (Phi) is 4.94. The molecule has 0 aliphatic heterocycles. The third-order valence-corrected chi connectivity index (χ3v) is 5.69. The summed E-state index contributed by atoms with van der Waals surface area (Å²) in [6.07, 6.45) is 2.66. The predicted octanol–water partition coefficient (Wildman–Crippen LogP) is 3.56. The second kappa shape index (κ2) is 6.36. The molecule has 0 amide bonds. The van der Waals surface area contributed by atoms with Gasteiger partial charge in [-0.3, -0.25) is 4.18 Å². The molecule has 1 fully saturated rings. The second-order valence-corrected chi connectivity index (χ2v) is 7.98. The van der Waals surface area contributed by atoms with E-state index in [0.717, 1.165) is 19.3 Å². The van der Waals surface area contributed by atoms with Crippen molar-refractivity contribution in [3.8, 4) is 5.75 Å². The fraction of sp³-hybridized carbons (Fsp3) is 0.625. The Morgan fingerprint density at radius 3 is 2.38 bits per heavy atom. The third kappa shape index (κ3) is 3.98. The molecule has 1 aromatic carbocycles. The number of phenolic OH excluding ortho intramolecular Hbond substituents is 1. The van der Waals surface area contributed by atoms with Crippen molar-refractivity contribution < 1.29 is 17.7 Å². The number of benzene rings is 1. The molecule has 5 heteroatoms. The van der Waals surface area contributed by atoms with Gasteiger partial charge in [-0.25, -0.2) is 0 Å². The van der Waals surface area contributed by atoms with Crippen LogP contribution >= 0.6 is 0 Å². The van der Waals surface area contributed by atoms with E-state index in [1.807, 2.05) is 0 Å². The van der Waals surface area contributed by atoms with Gasteiger partial charge in [-0.15, -0.1) is 0 Å². The molecule has 1 saturated carbocycles. The number of aromatic hydroxyl groups is 1. The van der Waals surface area contributed by atoms with Crippen molar-refractivity contribution in [2.45, 2.75) is 51.0 Å². The summed E-state index contributed by atoms with van der Waals surface area (Å²) in [5.41, 5.74) is 0. The summed E-state index contributed by atoms with van der Waals surface area (Å²) in [6, 6.07) is 5.47. The first-order chi connectivity index (χ1) is 9.79. The fourth-order valence-electron chi connectivity index (χ4n) is 3.06. The van der Waals surface area contributed by atoms with Crippen molar-refractivity contribution in [1.82, 2.24) is 0 Å². The van der Waals surface area contributed by atoms with E-state index in [9.17, 15) is 13.5 Å². The van der Waals surface area contributed by atoms with Crippen LogP contribution in [0.1, 0.15) is 40.0 Å². The first kappa shape index (κ1) is 16.3. The van der Waals surface area contributed by atoms with E-state index in [4.69, 9.17) is 4.18 Å². The van der Waals surface area contributed by atoms with Crippen molar-refractivity contribution in [2.75, 3.05) is 0 Å². The number of rotatable bonds is 4. The van der Waals surface area contributed by atoms with Crippen molar-refractivity contribution in [2.24, 2.45) is 17.8 Å². The molecule has 0 heterocycles. The smallest absolute Gasteiger partial charge is 0.297 e. The minimum atomic E-state index is -3.78. The van der Waals surface area contributed by atoms with Crippen LogP contribution in [0.15, 0.2) is 29.2 Å². The molecule has 2 rings (SSSR count). The van der Waals surface area contributed by atoms with Gasteiger partial charge in [-0.1, -0.05) is 27.2 Å². The van der Waals surface area contributed by atoms with E-state index in [0.29, 0.717) is 11.8 Å². The number of hydrogen-bond donors (Lipinski definition) is 1. The minimum Gasteiger partial charge on any atom is -0.508 e. The highest BCUT2D eigenvalue weighted by molar-refractivity contribution is 7.86. The maximum Gasteiger partial charge on any atom is 0.297 e. The highest BCUT2D eigenvalue weighted by Crippen LogP contribution is 2.36. The van der Waals surface area contributed by atoms with E-state index >= 15 is 0 Å². The van der Waals surface area contributed by atoms with Crippen molar-refractivity contribution in [1.29, 1.82) is 0 Å². The quantitative estimate of drug-likeness (QED) is 0.863. The molecule has 1 aromatic rings. The Bertz CT molecular complexity index is 562. The van der Waals surface area contributed by atoms with E-state index in [2.05, 4.69) is 20.8 Å². The summed E-state index contributed by atoms with van der Waals surface area (Å²) in [5.74, 6) is 1.20. The summed E-state index contributed by atoms with van der Waals surface area (Å²) in [6.45, 7) is 6.37. The molecule has 3 atom stereocenters. The van der Waals surface area contributed by atoms with E-state index < -0.39 is 10.1 Å². The van der Waals surface area contributed by atoms with Crippen LogP contribution in [0.2, 0.25) is 0 Å². The zero-order valence-electron chi connectivity index (χ0n) is 12.8. The molecule has 0 saturated heterocycles. The average molecular weight is 312 g/mol. The first-order valence-corrected chi connectivity index (χ1v) is 8.92. The Balaban J connectivity index is 2.19. The molecule has 1 aliphatic carbocycles. The zero-order valence-corrected chi connectivity index (χ0v) is 13.6. The predicted molar refractivity (Wildman–Crippen MR) is 81.5 cm³/mol. The van der Waals surface area contributed by atoms with Gasteiger partial charge in [0.2, 0.25) is 0 Å². The summed E-state index contributed by atoms with van der Waals surface area (Å²) < 4.78 is 30.3. The Labute approximate surface area is 127 Å². The normalized spacial score (nSPS) is 27.0. The largest absolute Gasteiger partial charge is 0.508 e. The van der Waals surface area contributed by atoms with Gasteiger partial charge >= 0.3 is 0 Å². The van der Waals surface area contributed by atoms with Crippen LogP contribution in [0.3, 0.4) is 0 Å². The number of hydrogen-bond acceptors (Lipinski definition) is 4. The van der Waals surface area contributed by atoms with Crippen LogP contribution in [0, 0.1) is 17.8 Å². The van der Waals surface area contributed by atoms with E-state index in [-0.39, 0.29) is 22.7 Å². The van der Waals surface area contributed by atoms with Gasteiger partial charge in [0.05, 0.1) is 11.0 Å². The monoisotopic (exact) mass is 312 g/mol. The molecule has 0 bridgehead atoms. The van der Waals surface area contributed by atoms with Crippen molar-refractivity contribution in [3.63, 3.8) is 0 Å². The van der Waals surface area contributed by atoms with Gasteiger partial charge < -0.3 is 5.11 Å². The van der Waals surface area contributed by atoms with Crippen LogP contribution in [-0.2, 0) is 14.3 Å². The number of phenols is 1. The zero-order chi connectivity index (χ0) is 15.6. The SMILES string of the molecule is CC(C)[C@@H]1CC[C@@H](C)C[C@H]1OS(=O)(=O)c1ccc(O)cc1. The lowest BCUT2D eigenvalue weighted by Gasteiger charge is -2.36. The molecule has 0 unspecified atom stereocenters. The van der Waals surface area contributed by atoms with Gasteiger partial charge in [-0.05, 0) is 54.9 Å².